The molecule has 0 radical (unpaired) electrons. The van der Waals surface area contributed by atoms with Crippen molar-refractivity contribution in [3.8, 4) is 22.6 Å². The monoisotopic (exact) mass is 312 g/mol. The molecular weight excluding hydrogens is 291 g/mol. The van der Waals surface area contributed by atoms with Crippen molar-refractivity contribution in [2.45, 2.75) is 19.2 Å². The second-order valence-electron chi connectivity index (χ2n) is 5.64. The number of hydrogen-bond acceptors (Lipinski definition) is 4. The first-order valence-electron chi connectivity index (χ1n) is 7.92. The van der Waals surface area contributed by atoms with Gasteiger partial charge in [-0.15, -0.1) is 0 Å². The number of methoxy groups -OCH3 is 1. The average Bonchev–Trinajstić information content (AvgIpc) is 3.02. The van der Waals surface area contributed by atoms with Gasteiger partial charge >= 0.3 is 7.12 Å². The summed E-state index contributed by atoms with van der Waals surface area (Å²) in [6.45, 7) is 3.13. The van der Waals surface area contributed by atoms with Crippen molar-refractivity contribution in [3.63, 3.8) is 0 Å². The minimum atomic E-state index is -0.644. The maximum absolute atomic E-state index is 9.54. The highest BCUT2D eigenvalue weighted by molar-refractivity contribution is 6.43. The zero-order chi connectivity index (χ0) is 16.2. The van der Waals surface area contributed by atoms with Crippen molar-refractivity contribution >= 4 is 7.12 Å². The first-order chi connectivity index (χ1) is 11.2. The van der Waals surface area contributed by atoms with Gasteiger partial charge in [0.15, 0.2) is 11.5 Å². The molecule has 0 amide bonds. The molecule has 2 aromatic carbocycles. The van der Waals surface area contributed by atoms with Gasteiger partial charge in [-0.05, 0) is 42.1 Å². The van der Waals surface area contributed by atoms with Gasteiger partial charge in [-0.1, -0.05) is 30.3 Å². The molecule has 23 heavy (non-hydrogen) atoms. The smallest absolute Gasteiger partial charge is 0.454 e. The predicted molar refractivity (Wildman–Crippen MR) is 91.1 cm³/mol. The maximum Gasteiger partial charge on any atom is 0.454 e. The zero-order valence-electron chi connectivity index (χ0n) is 13.5. The van der Waals surface area contributed by atoms with Crippen LogP contribution in [0.2, 0.25) is 6.32 Å². The zero-order valence-corrected chi connectivity index (χ0v) is 13.5. The molecule has 0 saturated carbocycles. The topological polar surface area (TPSA) is 47.9 Å². The Morgan fingerprint density at radius 3 is 2.70 bits per heavy atom. The van der Waals surface area contributed by atoms with Gasteiger partial charge in [-0.3, -0.25) is 0 Å². The van der Waals surface area contributed by atoms with Gasteiger partial charge in [0.2, 0.25) is 0 Å². The van der Waals surface area contributed by atoms with Crippen molar-refractivity contribution < 1.29 is 19.2 Å². The van der Waals surface area contributed by atoms with Gasteiger partial charge in [0.05, 0.1) is 13.7 Å². The van der Waals surface area contributed by atoms with E-state index in [-0.39, 0.29) is 5.92 Å². The molecule has 1 N–H and O–H groups in total. The highest BCUT2D eigenvalue weighted by Gasteiger charge is 2.29. The lowest BCUT2D eigenvalue weighted by Crippen LogP contribution is -2.07. The summed E-state index contributed by atoms with van der Waals surface area (Å²) in [5.74, 6) is 1.73. The summed E-state index contributed by atoms with van der Waals surface area (Å²) in [5, 5.41) is 9.54. The maximum atomic E-state index is 9.54. The van der Waals surface area contributed by atoms with Crippen LogP contribution < -0.4 is 9.47 Å². The predicted octanol–water partition coefficient (Wildman–Crippen LogP) is 3.36. The summed E-state index contributed by atoms with van der Waals surface area (Å²) in [6.07, 6.45) is 0.649. The fourth-order valence-corrected chi connectivity index (χ4v) is 2.93. The first-order valence-corrected chi connectivity index (χ1v) is 7.92. The third-order valence-electron chi connectivity index (χ3n) is 4.13. The Hall–Kier alpha value is -1.98. The minimum absolute atomic E-state index is 0.245. The molecule has 0 aliphatic carbocycles. The van der Waals surface area contributed by atoms with E-state index < -0.39 is 7.12 Å². The van der Waals surface area contributed by atoms with E-state index in [4.69, 9.17) is 14.1 Å². The fourth-order valence-electron chi connectivity index (χ4n) is 2.93. The van der Waals surface area contributed by atoms with Gasteiger partial charge in [0, 0.05) is 12.5 Å². The molecule has 0 spiro atoms. The van der Waals surface area contributed by atoms with Crippen LogP contribution in [0.15, 0.2) is 42.5 Å². The van der Waals surface area contributed by atoms with E-state index >= 15 is 0 Å². The van der Waals surface area contributed by atoms with Crippen LogP contribution in [-0.4, -0.2) is 32.5 Å². The minimum Gasteiger partial charge on any atom is -0.493 e. The van der Waals surface area contributed by atoms with Crippen LogP contribution in [-0.2, 0) is 4.65 Å². The Morgan fingerprint density at radius 2 is 2.00 bits per heavy atom. The van der Waals surface area contributed by atoms with Crippen LogP contribution in [0.5, 0.6) is 11.5 Å². The van der Waals surface area contributed by atoms with Crippen molar-refractivity contribution in [2.75, 3.05) is 20.3 Å². The molecule has 5 heteroatoms. The summed E-state index contributed by atoms with van der Waals surface area (Å²) in [5.41, 5.74) is 3.38. The second kappa shape index (κ2) is 7.07. The van der Waals surface area contributed by atoms with E-state index in [0.29, 0.717) is 19.5 Å². The number of rotatable bonds is 5. The SMILES string of the molecule is CCOc1ccc(-c2cccc([C@H]3COB(O)C3)c2)cc1OC. The Balaban J connectivity index is 1.89. The van der Waals surface area contributed by atoms with E-state index in [1.807, 2.05) is 31.2 Å². The quantitative estimate of drug-likeness (QED) is 0.860. The van der Waals surface area contributed by atoms with Crippen molar-refractivity contribution in [3.05, 3.63) is 48.0 Å². The standard InChI is InChI=1S/C18H21BO4/c1-3-22-17-8-7-15(10-18(17)21-2)13-5-4-6-14(9-13)16-11-19(20)23-12-16/h4-10,16,20H,3,11-12H2,1-2H3/t16-/m1/s1. The largest absolute Gasteiger partial charge is 0.493 e. The molecule has 3 rings (SSSR count). The molecule has 1 heterocycles. The van der Waals surface area contributed by atoms with Gasteiger partial charge in [0.25, 0.3) is 0 Å². The molecule has 1 fully saturated rings. The molecule has 1 saturated heterocycles. The van der Waals surface area contributed by atoms with Crippen LogP contribution in [0, 0.1) is 0 Å². The molecule has 4 nitrogen and oxygen atoms in total. The molecular formula is C18H21BO4. The highest BCUT2D eigenvalue weighted by Crippen LogP contribution is 2.35. The van der Waals surface area contributed by atoms with Crippen LogP contribution in [0.4, 0.5) is 0 Å². The Morgan fingerprint density at radius 1 is 1.17 bits per heavy atom. The third-order valence-corrected chi connectivity index (χ3v) is 4.13. The molecule has 0 bridgehead atoms. The van der Waals surface area contributed by atoms with Crippen molar-refractivity contribution in [1.82, 2.24) is 0 Å². The van der Waals surface area contributed by atoms with Crippen molar-refractivity contribution in [1.29, 1.82) is 0 Å². The summed E-state index contributed by atoms with van der Waals surface area (Å²) in [7, 11) is 1.00. The van der Waals surface area contributed by atoms with Crippen LogP contribution in [0.3, 0.4) is 0 Å². The van der Waals surface area contributed by atoms with Gasteiger partial charge in [0.1, 0.15) is 0 Å². The molecule has 2 aromatic rings. The van der Waals surface area contributed by atoms with E-state index in [1.165, 1.54) is 5.56 Å². The van der Waals surface area contributed by atoms with E-state index in [1.54, 1.807) is 7.11 Å². The summed E-state index contributed by atoms with van der Waals surface area (Å²) >= 11 is 0. The first kappa shape index (κ1) is 15.9. The number of hydrogen-bond donors (Lipinski definition) is 1. The number of benzene rings is 2. The third kappa shape index (κ3) is 3.51. The Labute approximate surface area is 137 Å². The Kier molecular flexibility index (Phi) is 4.89. The van der Waals surface area contributed by atoms with Gasteiger partial charge in [-0.2, -0.15) is 0 Å². The van der Waals surface area contributed by atoms with E-state index in [0.717, 1.165) is 22.6 Å². The van der Waals surface area contributed by atoms with Crippen molar-refractivity contribution in [2.24, 2.45) is 0 Å². The lowest BCUT2D eigenvalue weighted by Gasteiger charge is -2.13. The summed E-state index contributed by atoms with van der Waals surface area (Å²) in [6, 6.07) is 14.3. The van der Waals surface area contributed by atoms with E-state index in [9.17, 15) is 5.02 Å². The fraction of sp³-hybridized carbons (Fsp3) is 0.333. The van der Waals surface area contributed by atoms with Crippen LogP contribution >= 0.6 is 0 Å². The second-order valence-corrected chi connectivity index (χ2v) is 5.64. The normalized spacial score (nSPS) is 17.3. The van der Waals surface area contributed by atoms with E-state index in [2.05, 4.69) is 18.2 Å². The summed E-state index contributed by atoms with van der Waals surface area (Å²) in [4.78, 5) is 0. The molecule has 0 aromatic heterocycles. The molecule has 120 valence electrons. The number of ether oxygens (including phenoxy) is 2. The van der Waals surface area contributed by atoms with Crippen LogP contribution in [0.25, 0.3) is 11.1 Å². The van der Waals surface area contributed by atoms with Gasteiger partial charge < -0.3 is 19.2 Å². The van der Waals surface area contributed by atoms with Crippen LogP contribution in [0.1, 0.15) is 18.4 Å². The van der Waals surface area contributed by atoms with Gasteiger partial charge in [-0.25, -0.2) is 0 Å². The highest BCUT2D eigenvalue weighted by atomic mass is 16.5. The molecule has 1 aliphatic rings. The molecule has 0 unspecified atom stereocenters. The Bertz CT molecular complexity index is 674. The lowest BCUT2D eigenvalue weighted by atomic mass is 9.79. The average molecular weight is 312 g/mol. The molecule has 1 atom stereocenters. The molecule has 1 aliphatic heterocycles. The summed E-state index contributed by atoms with van der Waals surface area (Å²) < 4.78 is 16.3. The lowest BCUT2D eigenvalue weighted by molar-refractivity contribution is 0.292.